The van der Waals surface area contributed by atoms with Gasteiger partial charge in [0.15, 0.2) is 0 Å². The molecular weight excluding hydrogens is 243 g/mol. The van der Waals surface area contributed by atoms with Crippen LogP contribution in [-0.4, -0.2) is 12.5 Å². The first-order valence-electron chi connectivity index (χ1n) is 6.69. The van der Waals surface area contributed by atoms with Crippen LogP contribution in [-0.2, 0) is 4.79 Å². The maximum Gasteiger partial charge on any atom is 0.220 e. The molecule has 0 heterocycles. The van der Waals surface area contributed by atoms with Crippen molar-refractivity contribution >= 4 is 5.91 Å². The Kier molecular flexibility index (Phi) is 5.96. The molecule has 4 heteroatoms. The quantitative estimate of drug-likeness (QED) is 0.831. The van der Waals surface area contributed by atoms with Gasteiger partial charge in [-0.15, -0.1) is 0 Å². The SMILES string of the molecule is CC(CN)CC(=O)NC(c1ccc(F)cc1)C(C)C. The molecule has 0 aliphatic rings. The Morgan fingerprint density at radius 3 is 2.32 bits per heavy atom. The normalized spacial score (nSPS) is 14.2. The van der Waals surface area contributed by atoms with Gasteiger partial charge in [0.2, 0.25) is 5.91 Å². The van der Waals surface area contributed by atoms with E-state index in [1.54, 1.807) is 12.1 Å². The molecule has 0 fully saturated rings. The molecular formula is C15H23FN2O. The first-order chi connectivity index (χ1) is 8.93. The van der Waals surface area contributed by atoms with E-state index in [0.29, 0.717) is 13.0 Å². The number of benzene rings is 1. The number of amides is 1. The fourth-order valence-electron chi connectivity index (χ4n) is 1.94. The van der Waals surface area contributed by atoms with Gasteiger partial charge in [-0.05, 0) is 36.1 Å². The third-order valence-electron chi connectivity index (χ3n) is 3.15. The standard InChI is InChI=1S/C15H23FN2O/c1-10(2)15(12-4-6-13(16)7-5-12)18-14(19)8-11(3)9-17/h4-7,10-11,15H,8-9,17H2,1-3H3,(H,18,19). The van der Waals surface area contributed by atoms with Crippen LogP contribution >= 0.6 is 0 Å². The predicted molar refractivity (Wildman–Crippen MR) is 75.0 cm³/mol. The highest BCUT2D eigenvalue weighted by Crippen LogP contribution is 2.22. The molecule has 19 heavy (non-hydrogen) atoms. The fourth-order valence-corrected chi connectivity index (χ4v) is 1.94. The fraction of sp³-hybridized carbons (Fsp3) is 0.533. The topological polar surface area (TPSA) is 55.1 Å². The number of hydrogen-bond donors (Lipinski definition) is 2. The monoisotopic (exact) mass is 266 g/mol. The summed E-state index contributed by atoms with van der Waals surface area (Å²) in [5.41, 5.74) is 6.44. The van der Waals surface area contributed by atoms with Gasteiger partial charge in [-0.3, -0.25) is 4.79 Å². The Bertz CT molecular complexity index is 403. The summed E-state index contributed by atoms with van der Waals surface area (Å²) >= 11 is 0. The van der Waals surface area contributed by atoms with E-state index in [4.69, 9.17) is 5.73 Å². The molecule has 0 aliphatic heterocycles. The summed E-state index contributed by atoms with van der Waals surface area (Å²) in [4.78, 5) is 11.9. The van der Waals surface area contributed by atoms with Gasteiger partial charge in [0.1, 0.15) is 5.82 Å². The number of nitrogens with two attached hydrogens (primary N) is 1. The van der Waals surface area contributed by atoms with Crippen LogP contribution in [0, 0.1) is 17.7 Å². The molecule has 0 saturated heterocycles. The van der Waals surface area contributed by atoms with Crippen molar-refractivity contribution in [2.75, 3.05) is 6.54 Å². The van der Waals surface area contributed by atoms with Crippen LogP contribution in [0.2, 0.25) is 0 Å². The van der Waals surface area contributed by atoms with Crippen molar-refractivity contribution in [3.05, 3.63) is 35.6 Å². The summed E-state index contributed by atoms with van der Waals surface area (Å²) in [5, 5.41) is 3.00. The number of nitrogens with one attached hydrogen (secondary N) is 1. The minimum Gasteiger partial charge on any atom is -0.349 e. The zero-order valence-corrected chi connectivity index (χ0v) is 11.8. The van der Waals surface area contributed by atoms with Crippen LogP contribution in [0.1, 0.15) is 38.8 Å². The van der Waals surface area contributed by atoms with Crippen molar-refractivity contribution < 1.29 is 9.18 Å². The Balaban J connectivity index is 2.73. The van der Waals surface area contributed by atoms with Crippen molar-refractivity contribution in [3.63, 3.8) is 0 Å². The van der Waals surface area contributed by atoms with Gasteiger partial charge in [0.05, 0.1) is 6.04 Å². The van der Waals surface area contributed by atoms with Gasteiger partial charge in [-0.2, -0.15) is 0 Å². The van der Waals surface area contributed by atoms with Crippen LogP contribution in [0.15, 0.2) is 24.3 Å². The highest BCUT2D eigenvalue weighted by atomic mass is 19.1. The second kappa shape index (κ2) is 7.24. The Hall–Kier alpha value is -1.42. The minimum atomic E-state index is -0.269. The van der Waals surface area contributed by atoms with E-state index in [0.717, 1.165) is 5.56 Å². The molecule has 0 aromatic heterocycles. The predicted octanol–water partition coefficient (Wildman–Crippen LogP) is 2.62. The Morgan fingerprint density at radius 1 is 1.26 bits per heavy atom. The summed E-state index contributed by atoms with van der Waals surface area (Å²) in [5.74, 6) is 0.124. The second-order valence-electron chi connectivity index (χ2n) is 5.39. The molecule has 1 aromatic carbocycles. The summed E-state index contributed by atoms with van der Waals surface area (Å²) in [6.45, 7) is 6.50. The molecule has 2 atom stereocenters. The zero-order chi connectivity index (χ0) is 14.4. The summed E-state index contributed by atoms with van der Waals surface area (Å²) in [6, 6.07) is 6.16. The van der Waals surface area contributed by atoms with E-state index < -0.39 is 0 Å². The third-order valence-corrected chi connectivity index (χ3v) is 3.15. The molecule has 2 unspecified atom stereocenters. The van der Waals surface area contributed by atoms with Crippen molar-refractivity contribution in [3.8, 4) is 0 Å². The molecule has 0 bridgehead atoms. The Labute approximate surface area is 114 Å². The average molecular weight is 266 g/mol. The van der Waals surface area contributed by atoms with Crippen LogP contribution < -0.4 is 11.1 Å². The number of hydrogen-bond acceptors (Lipinski definition) is 2. The molecule has 106 valence electrons. The van der Waals surface area contributed by atoms with Crippen molar-refractivity contribution in [2.24, 2.45) is 17.6 Å². The molecule has 1 amide bonds. The molecule has 3 nitrogen and oxygen atoms in total. The number of halogens is 1. The van der Waals surface area contributed by atoms with Crippen LogP contribution in [0.4, 0.5) is 4.39 Å². The number of carbonyl (C=O) groups is 1. The lowest BCUT2D eigenvalue weighted by Gasteiger charge is -2.23. The van der Waals surface area contributed by atoms with E-state index in [1.165, 1.54) is 12.1 Å². The molecule has 0 spiro atoms. The van der Waals surface area contributed by atoms with E-state index in [2.05, 4.69) is 5.32 Å². The molecule has 1 aromatic rings. The number of carbonyl (C=O) groups excluding carboxylic acids is 1. The smallest absolute Gasteiger partial charge is 0.220 e. The first-order valence-corrected chi connectivity index (χ1v) is 6.69. The highest BCUT2D eigenvalue weighted by Gasteiger charge is 2.19. The van der Waals surface area contributed by atoms with Crippen molar-refractivity contribution in [2.45, 2.75) is 33.2 Å². The van der Waals surface area contributed by atoms with E-state index in [-0.39, 0.29) is 29.6 Å². The summed E-state index contributed by atoms with van der Waals surface area (Å²) in [6.07, 6.45) is 0.418. The highest BCUT2D eigenvalue weighted by molar-refractivity contribution is 5.76. The van der Waals surface area contributed by atoms with E-state index in [9.17, 15) is 9.18 Å². The average Bonchev–Trinajstić information content (AvgIpc) is 2.36. The van der Waals surface area contributed by atoms with Gasteiger partial charge in [-0.1, -0.05) is 32.9 Å². The molecule has 0 aliphatic carbocycles. The van der Waals surface area contributed by atoms with Crippen LogP contribution in [0.5, 0.6) is 0 Å². The van der Waals surface area contributed by atoms with E-state index in [1.807, 2.05) is 20.8 Å². The van der Waals surface area contributed by atoms with Gasteiger partial charge < -0.3 is 11.1 Å². The summed E-state index contributed by atoms with van der Waals surface area (Å²) in [7, 11) is 0. The molecule has 3 N–H and O–H groups in total. The lowest BCUT2D eigenvalue weighted by molar-refractivity contribution is -0.122. The van der Waals surface area contributed by atoms with Crippen LogP contribution in [0.25, 0.3) is 0 Å². The molecule has 1 rings (SSSR count). The van der Waals surface area contributed by atoms with Crippen molar-refractivity contribution in [1.82, 2.24) is 5.32 Å². The first kappa shape index (κ1) is 15.6. The molecule has 0 saturated carbocycles. The maximum absolute atomic E-state index is 12.9. The number of rotatable bonds is 6. The summed E-state index contributed by atoms with van der Waals surface area (Å²) < 4.78 is 12.9. The van der Waals surface area contributed by atoms with Crippen molar-refractivity contribution in [1.29, 1.82) is 0 Å². The van der Waals surface area contributed by atoms with Crippen LogP contribution in [0.3, 0.4) is 0 Å². The van der Waals surface area contributed by atoms with Gasteiger partial charge in [0.25, 0.3) is 0 Å². The minimum absolute atomic E-state index is 0.0130. The largest absolute Gasteiger partial charge is 0.349 e. The third kappa shape index (κ3) is 4.99. The van der Waals surface area contributed by atoms with Gasteiger partial charge >= 0.3 is 0 Å². The zero-order valence-electron chi connectivity index (χ0n) is 11.8. The van der Waals surface area contributed by atoms with Gasteiger partial charge in [-0.25, -0.2) is 4.39 Å². The van der Waals surface area contributed by atoms with Gasteiger partial charge in [0, 0.05) is 6.42 Å². The second-order valence-corrected chi connectivity index (χ2v) is 5.39. The lowest BCUT2D eigenvalue weighted by atomic mass is 9.95. The Morgan fingerprint density at radius 2 is 1.84 bits per heavy atom. The maximum atomic E-state index is 12.9. The molecule has 0 radical (unpaired) electrons. The van der Waals surface area contributed by atoms with E-state index >= 15 is 0 Å². The lowest BCUT2D eigenvalue weighted by Crippen LogP contribution is -2.33.